The first-order valence-electron chi connectivity index (χ1n) is 4.91. The molecule has 20 heavy (non-hydrogen) atoms. The van der Waals surface area contributed by atoms with Crippen LogP contribution in [0.2, 0.25) is 0 Å². The van der Waals surface area contributed by atoms with E-state index in [1.54, 1.807) is 0 Å². The first kappa shape index (κ1) is 16.6. The summed E-state index contributed by atoms with van der Waals surface area (Å²) in [5.74, 6) is -2.58. The molecule has 1 aromatic rings. The van der Waals surface area contributed by atoms with Gasteiger partial charge in [0.25, 0.3) is 6.43 Å². The summed E-state index contributed by atoms with van der Waals surface area (Å²) in [5.41, 5.74) is -2.00. The molecule has 0 radical (unpaired) electrons. The zero-order chi connectivity index (χ0) is 15.5. The fourth-order valence-corrected chi connectivity index (χ4v) is 1.81. The molecule has 0 saturated carbocycles. The number of carbonyl (C=O) groups excluding carboxylic acids is 1. The molecule has 0 bridgehead atoms. The molecule has 0 aliphatic heterocycles. The predicted molar refractivity (Wildman–Crippen MR) is 59.8 cm³/mol. The van der Waals surface area contributed by atoms with Gasteiger partial charge in [0.15, 0.2) is 0 Å². The van der Waals surface area contributed by atoms with Crippen molar-refractivity contribution in [1.82, 2.24) is 4.98 Å². The molecule has 1 rings (SSSR count). The van der Waals surface area contributed by atoms with Gasteiger partial charge in [-0.25, -0.2) is 18.6 Å². The van der Waals surface area contributed by atoms with Gasteiger partial charge in [0, 0.05) is 11.5 Å². The summed E-state index contributed by atoms with van der Waals surface area (Å²) in [6, 6.07) is 0. The molecule has 0 spiro atoms. The van der Waals surface area contributed by atoms with E-state index in [2.05, 4.69) is 30.4 Å². The number of alkyl halides is 6. The molecule has 0 fully saturated rings. The van der Waals surface area contributed by atoms with Gasteiger partial charge in [-0.2, -0.15) is 0 Å². The van der Waals surface area contributed by atoms with Gasteiger partial charge in [0.1, 0.15) is 0 Å². The molecule has 0 atom stereocenters. The Morgan fingerprint density at radius 1 is 1.45 bits per heavy atom. The molecule has 0 saturated heterocycles. The number of hydrogen-bond donors (Lipinski definition) is 0. The van der Waals surface area contributed by atoms with Crippen LogP contribution in [-0.4, -0.2) is 24.4 Å². The van der Waals surface area contributed by atoms with E-state index in [4.69, 9.17) is 0 Å². The number of esters is 1. The van der Waals surface area contributed by atoms with Crippen LogP contribution in [-0.2, 0) is 10.1 Å². The van der Waals surface area contributed by atoms with Gasteiger partial charge in [-0.3, -0.25) is 0 Å². The lowest BCUT2D eigenvalue weighted by Gasteiger charge is -2.16. The van der Waals surface area contributed by atoms with Crippen LogP contribution in [0.3, 0.4) is 0 Å². The average molecular weight is 364 g/mol. The number of pyridine rings is 1. The van der Waals surface area contributed by atoms with E-state index in [-0.39, 0.29) is 10.9 Å². The molecule has 1 heterocycles. The Bertz CT molecular complexity index is 506. The van der Waals surface area contributed by atoms with Crippen molar-refractivity contribution >= 4 is 21.9 Å². The van der Waals surface area contributed by atoms with Crippen molar-refractivity contribution in [2.24, 2.45) is 0 Å². The quantitative estimate of drug-likeness (QED) is 0.466. The largest absolute Gasteiger partial charge is 0.574 e. The molecule has 0 aliphatic carbocycles. The van der Waals surface area contributed by atoms with Crippen molar-refractivity contribution in [2.45, 2.75) is 18.1 Å². The van der Waals surface area contributed by atoms with Crippen molar-refractivity contribution in [3.8, 4) is 5.88 Å². The van der Waals surface area contributed by atoms with Gasteiger partial charge in [0.2, 0.25) is 5.88 Å². The maximum Gasteiger partial charge on any atom is 0.574 e. The summed E-state index contributed by atoms with van der Waals surface area (Å²) in [5, 5.41) is -0.0730. The molecule has 10 heteroatoms. The second-order valence-electron chi connectivity index (χ2n) is 3.35. The Morgan fingerprint density at radius 2 is 2.05 bits per heavy atom. The predicted octanol–water partition coefficient (Wildman–Crippen LogP) is 3.60. The highest BCUT2D eigenvalue weighted by molar-refractivity contribution is 9.08. The molecule has 112 valence electrons. The van der Waals surface area contributed by atoms with E-state index < -0.39 is 35.8 Å². The van der Waals surface area contributed by atoms with Gasteiger partial charge in [-0.1, -0.05) is 15.9 Å². The Labute approximate surface area is 118 Å². The van der Waals surface area contributed by atoms with Crippen molar-refractivity contribution < 1.29 is 36.2 Å². The molecule has 0 aliphatic rings. The molecule has 4 nitrogen and oxygen atoms in total. The summed E-state index contributed by atoms with van der Waals surface area (Å²) in [6.45, 7) is 0. The number of methoxy groups -OCH3 is 1. The minimum Gasteiger partial charge on any atom is -0.465 e. The van der Waals surface area contributed by atoms with Gasteiger partial charge in [-0.05, 0) is 5.56 Å². The van der Waals surface area contributed by atoms with Crippen LogP contribution in [0.15, 0.2) is 6.20 Å². The Kier molecular flexibility index (Phi) is 5.26. The number of ether oxygens (including phenoxy) is 2. The molecular weight excluding hydrogens is 357 g/mol. The molecular formula is C10H7BrF5NO3. The lowest BCUT2D eigenvalue weighted by Crippen LogP contribution is -2.21. The van der Waals surface area contributed by atoms with E-state index in [1.165, 1.54) is 0 Å². The Hall–Kier alpha value is -1.45. The summed E-state index contributed by atoms with van der Waals surface area (Å²) in [7, 11) is 0.917. The van der Waals surface area contributed by atoms with Crippen LogP contribution in [0.25, 0.3) is 0 Å². The third kappa shape index (κ3) is 3.78. The van der Waals surface area contributed by atoms with E-state index in [0.717, 1.165) is 13.3 Å². The van der Waals surface area contributed by atoms with Crippen molar-refractivity contribution in [2.75, 3.05) is 7.11 Å². The highest BCUT2D eigenvalue weighted by atomic mass is 79.9. The second kappa shape index (κ2) is 6.33. The van der Waals surface area contributed by atoms with Crippen molar-refractivity contribution in [3.05, 3.63) is 22.9 Å². The normalized spacial score (nSPS) is 11.6. The van der Waals surface area contributed by atoms with E-state index in [9.17, 15) is 26.7 Å². The van der Waals surface area contributed by atoms with E-state index in [0.29, 0.717) is 0 Å². The molecule has 0 N–H and O–H groups in total. The fraction of sp³-hybridized carbons (Fsp3) is 0.400. The second-order valence-corrected chi connectivity index (χ2v) is 3.91. The maximum absolute atomic E-state index is 13.0. The summed E-state index contributed by atoms with van der Waals surface area (Å²) < 4.78 is 70.1. The van der Waals surface area contributed by atoms with Gasteiger partial charge < -0.3 is 9.47 Å². The molecule has 0 unspecified atom stereocenters. The zero-order valence-corrected chi connectivity index (χ0v) is 11.4. The van der Waals surface area contributed by atoms with Crippen LogP contribution in [0.5, 0.6) is 5.88 Å². The minimum absolute atomic E-state index is 0.0401. The topological polar surface area (TPSA) is 48.4 Å². The smallest absolute Gasteiger partial charge is 0.465 e. The van der Waals surface area contributed by atoms with Gasteiger partial charge in [-0.15, -0.1) is 13.2 Å². The van der Waals surface area contributed by atoms with Crippen LogP contribution >= 0.6 is 15.9 Å². The first-order valence-corrected chi connectivity index (χ1v) is 6.03. The summed E-state index contributed by atoms with van der Waals surface area (Å²) in [6.07, 6.45) is -7.78. The number of aromatic nitrogens is 1. The van der Waals surface area contributed by atoms with Crippen molar-refractivity contribution in [3.63, 3.8) is 0 Å². The van der Waals surface area contributed by atoms with Crippen LogP contribution < -0.4 is 4.74 Å². The third-order valence-corrected chi connectivity index (χ3v) is 2.73. The lowest BCUT2D eigenvalue weighted by molar-refractivity contribution is -0.276. The van der Waals surface area contributed by atoms with Gasteiger partial charge >= 0.3 is 12.3 Å². The standard InChI is InChI=1S/C10H7BrF5NO3/c1-19-9(18)5-4(2-11)3-17-8(6(5)7(12)13)20-10(14,15)16/h3,7H,2H2,1H3. The van der Waals surface area contributed by atoms with Crippen LogP contribution in [0, 0.1) is 0 Å². The van der Waals surface area contributed by atoms with E-state index in [1.807, 2.05) is 0 Å². The molecule has 1 aromatic heterocycles. The number of hydrogen-bond acceptors (Lipinski definition) is 4. The zero-order valence-electron chi connectivity index (χ0n) is 9.80. The van der Waals surface area contributed by atoms with Crippen LogP contribution in [0.1, 0.15) is 27.9 Å². The average Bonchev–Trinajstić information content (AvgIpc) is 2.34. The summed E-state index contributed by atoms with van der Waals surface area (Å²) in [4.78, 5) is 14.7. The SMILES string of the molecule is COC(=O)c1c(CBr)cnc(OC(F)(F)F)c1C(F)F. The fourth-order valence-electron chi connectivity index (χ4n) is 1.39. The van der Waals surface area contributed by atoms with E-state index >= 15 is 0 Å². The number of nitrogens with zero attached hydrogens (tertiary/aromatic N) is 1. The Balaban J connectivity index is 3.51. The Morgan fingerprint density at radius 3 is 2.45 bits per heavy atom. The monoisotopic (exact) mass is 363 g/mol. The maximum atomic E-state index is 13.0. The van der Waals surface area contributed by atoms with Crippen LogP contribution in [0.4, 0.5) is 22.0 Å². The number of rotatable bonds is 4. The molecule has 0 aromatic carbocycles. The van der Waals surface area contributed by atoms with Gasteiger partial charge in [0.05, 0.1) is 18.2 Å². The highest BCUT2D eigenvalue weighted by Gasteiger charge is 2.36. The minimum atomic E-state index is -5.21. The third-order valence-electron chi connectivity index (χ3n) is 2.12. The first-order chi connectivity index (χ1) is 9.21. The highest BCUT2D eigenvalue weighted by Crippen LogP contribution is 2.36. The van der Waals surface area contributed by atoms with Crippen molar-refractivity contribution in [1.29, 1.82) is 0 Å². The number of halogens is 6. The number of carbonyl (C=O) groups is 1. The lowest BCUT2D eigenvalue weighted by atomic mass is 10.1. The molecule has 0 amide bonds. The summed E-state index contributed by atoms with van der Waals surface area (Å²) >= 11 is 2.92.